The highest BCUT2D eigenvalue weighted by atomic mass is 31.1. The molecule has 3 heteroatoms. The molecule has 2 atom stereocenters. The maximum Gasteiger partial charge on any atom is 0.122 e. The van der Waals surface area contributed by atoms with Gasteiger partial charge in [0, 0.05) is 10.7 Å². The fourth-order valence-corrected chi connectivity index (χ4v) is 5.88. The quantitative estimate of drug-likeness (QED) is 0.638. The van der Waals surface area contributed by atoms with Crippen LogP contribution >= 0.6 is 16.5 Å². The predicted molar refractivity (Wildman–Crippen MR) is 112 cm³/mol. The first-order valence-electron chi connectivity index (χ1n) is 8.59. The van der Waals surface area contributed by atoms with Gasteiger partial charge in [-0.2, -0.15) is 0 Å². The summed E-state index contributed by atoms with van der Waals surface area (Å²) in [6.07, 6.45) is 2.20. The maximum atomic E-state index is 10.6. The van der Waals surface area contributed by atoms with Gasteiger partial charge in [0.25, 0.3) is 0 Å². The molecule has 0 saturated carbocycles. The SMILES string of the molecule is CCC(C)(Pc1c(C)cccc1CP(C)C)c1cccc(C)c1O. The lowest BCUT2D eigenvalue weighted by Crippen LogP contribution is -2.21. The molecule has 0 aromatic heterocycles. The minimum absolute atomic E-state index is 0.0266. The van der Waals surface area contributed by atoms with Gasteiger partial charge in [0.1, 0.15) is 5.75 Å². The first-order chi connectivity index (χ1) is 11.3. The molecule has 0 spiro atoms. The second-order valence-corrected chi connectivity index (χ2v) is 11.5. The second-order valence-electron chi connectivity index (χ2n) is 7.13. The van der Waals surface area contributed by atoms with E-state index in [1.807, 2.05) is 13.0 Å². The number of hydrogen-bond donors (Lipinski definition) is 1. The van der Waals surface area contributed by atoms with Gasteiger partial charge < -0.3 is 5.11 Å². The first kappa shape index (κ1) is 19.4. The smallest absolute Gasteiger partial charge is 0.122 e. The van der Waals surface area contributed by atoms with Gasteiger partial charge in [0.15, 0.2) is 0 Å². The highest BCUT2D eigenvalue weighted by Gasteiger charge is 2.30. The molecular formula is C21H30OP2. The molecule has 0 aliphatic carbocycles. The van der Waals surface area contributed by atoms with E-state index in [9.17, 15) is 5.11 Å². The van der Waals surface area contributed by atoms with Crippen LogP contribution < -0.4 is 5.30 Å². The highest BCUT2D eigenvalue weighted by molar-refractivity contribution is 7.55. The Balaban J connectivity index is 2.49. The topological polar surface area (TPSA) is 20.2 Å². The lowest BCUT2D eigenvalue weighted by Gasteiger charge is -2.32. The Morgan fingerprint density at radius 2 is 1.67 bits per heavy atom. The Kier molecular flexibility index (Phi) is 6.46. The third-order valence-corrected chi connectivity index (χ3v) is 7.90. The molecule has 2 aromatic rings. The largest absolute Gasteiger partial charge is 0.507 e. The van der Waals surface area contributed by atoms with Crippen molar-refractivity contribution in [1.29, 1.82) is 0 Å². The summed E-state index contributed by atoms with van der Waals surface area (Å²) in [5.74, 6) is 0.470. The summed E-state index contributed by atoms with van der Waals surface area (Å²) in [4.78, 5) is 0. The summed E-state index contributed by atoms with van der Waals surface area (Å²) in [5, 5.41) is 12.1. The lowest BCUT2D eigenvalue weighted by molar-refractivity contribution is 0.452. The van der Waals surface area contributed by atoms with Gasteiger partial charge in [-0.1, -0.05) is 58.8 Å². The van der Waals surface area contributed by atoms with Crippen LogP contribution in [-0.2, 0) is 11.3 Å². The molecule has 130 valence electrons. The van der Waals surface area contributed by atoms with Crippen LogP contribution in [0.4, 0.5) is 0 Å². The normalized spacial score (nSPS) is 14.5. The molecule has 24 heavy (non-hydrogen) atoms. The predicted octanol–water partition coefficient (Wildman–Crippen LogP) is 5.88. The maximum absolute atomic E-state index is 10.6. The molecule has 0 aliphatic heterocycles. The molecule has 1 N–H and O–H groups in total. The monoisotopic (exact) mass is 360 g/mol. The zero-order valence-electron chi connectivity index (χ0n) is 15.8. The van der Waals surface area contributed by atoms with E-state index in [0.717, 1.165) is 17.5 Å². The Morgan fingerprint density at radius 1 is 1.04 bits per heavy atom. The van der Waals surface area contributed by atoms with Crippen molar-refractivity contribution in [2.75, 3.05) is 13.3 Å². The first-order valence-corrected chi connectivity index (χ1v) is 12.0. The molecule has 0 saturated heterocycles. The zero-order valence-corrected chi connectivity index (χ0v) is 17.7. The van der Waals surface area contributed by atoms with E-state index in [4.69, 9.17) is 0 Å². The van der Waals surface area contributed by atoms with Gasteiger partial charge in [0.2, 0.25) is 0 Å². The molecule has 0 bridgehead atoms. The lowest BCUT2D eigenvalue weighted by atomic mass is 9.94. The summed E-state index contributed by atoms with van der Waals surface area (Å²) in [7, 11) is 0.705. The van der Waals surface area contributed by atoms with E-state index in [1.165, 1.54) is 22.6 Å². The number of para-hydroxylation sites is 1. The molecule has 1 nitrogen and oxygen atoms in total. The summed E-state index contributed by atoms with van der Waals surface area (Å²) in [6.45, 7) is 13.4. The summed E-state index contributed by atoms with van der Waals surface area (Å²) in [5.41, 5.74) is 4.94. The van der Waals surface area contributed by atoms with Crippen molar-refractivity contribution < 1.29 is 5.11 Å². The Labute approximate surface area is 150 Å². The minimum Gasteiger partial charge on any atom is -0.507 e. The van der Waals surface area contributed by atoms with E-state index in [0.29, 0.717) is 14.3 Å². The Hall–Kier alpha value is -0.900. The number of phenols is 1. The molecule has 2 aromatic carbocycles. The third-order valence-electron chi connectivity index (χ3n) is 4.79. The molecule has 0 amide bonds. The van der Waals surface area contributed by atoms with Crippen LogP contribution in [0.15, 0.2) is 36.4 Å². The van der Waals surface area contributed by atoms with Gasteiger partial charge in [-0.15, -0.1) is 7.92 Å². The van der Waals surface area contributed by atoms with Gasteiger partial charge in [-0.3, -0.25) is 0 Å². The van der Waals surface area contributed by atoms with Crippen molar-refractivity contribution in [3.63, 3.8) is 0 Å². The van der Waals surface area contributed by atoms with Gasteiger partial charge in [-0.25, -0.2) is 0 Å². The van der Waals surface area contributed by atoms with E-state index in [1.54, 1.807) is 0 Å². The Bertz CT molecular complexity index is 709. The minimum atomic E-state index is -0.0266. The average Bonchev–Trinajstić information content (AvgIpc) is 2.52. The van der Waals surface area contributed by atoms with Crippen molar-refractivity contribution in [2.45, 2.75) is 45.4 Å². The molecule has 0 fully saturated rings. The summed E-state index contributed by atoms with van der Waals surface area (Å²) in [6, 6.07) is 12.9. The number of aryl methyl sites for hydroxylation is 2. The number of hydrogen-bond acceptors (Lipinski definition) is 1. The number of rotatable bonds is 6. The molecular weight excluding hydrogens is 330 g/mol. The van der Waals surface area contributed by atoms with Crippen molar-refractivity contribution in [2.24, 2.45) is 0 Å². The molecule has 0 aliphatic rings. The fourth-order valence-electron chi connectivity index (χ4n) is 3.11. The van der Waals surface area contributed by atoms with Crippen LogP contribution in [0.3, 0.4) is 0 Å². The Morgan fingerprint density at radius 3 is 2.29 bits per heavy atom. The third kappa shape index (κ3) is 4.19. The molecule has 0 radical (unpaired) electrons. The fraction of sp³-hybridized carbons (Fsp3) is 0.429. The van der Waals surface area contributed by atoms with Gasteiger partial charge >= 0.3 is 0 Å². The van der Waals surface area contributed by atoms with E-state index < -0.39 is 0 Å². The molecule has 2 rings (SSSR count). The van der Waals surface area contributed by atoms with Crippen LogP contribution in [0.1, 0.15) is 42.5 Å². The van der Waals surface area contributed by atoms with Crippen molar-refractivity contribution in [1.82, 2.24) is 0 Å². The van der Waals surface area contributed by atoms with Crippen LogP contribution in [-0.4, -0.2) is 18.4 Å². The standard InChI is InChI=1S/C21H30OP2/c1-7-21(4,18-13-9-10-15(2)19(18)22)23-20-16(3)11-8-12-17(20)14-24(5)6/h8-13,22-23H,7,14H2,1-6H3. The summed E-state index contributed by atoms with van der Waals surface area (Å²) >= 11 is 0. The van der Waals surface area contributed by atoms with Crippen LogP contribution in [0.25, 0.3) is 0 Å². The van der Waals surface area contributed by atoms with Crippen molar-refractivity contribution in [3.8, 4) is 5.75 Å². The second kappa shape index (κ2) is 7.99. The number of benzene rings is 2. The summed E-state index contributed by atoms with van der Waals surface area (Å²) < 4.78 is 0. The number of phenolic OH excluding ortho intramolecular Hbond substituents is 1. The molecule has 0 heterocycles. The average molecular weight is 360 g/mol. The van der Waals surface area contributed by atoms with Gasteiger partial charge in [-0.05, 0) is 61.8 Å². The highest BCUT2D eigenvalue weighted by Crippen LogP contribution is 2.49. The van der Waals surface area contributed by atoms with E-state index in [2.05, 4.69) is 64.4 Å². The number of aromatic hydroxyl groups is 1. The molecule has 2 unspecified atom stereocenters. The van der Waals surface area contributed by atoms with Crippen molar-refractivity contribution in [3.05, 3.63) is 58.7 Å². The zero-order chi connectivity index (χ0) is 17.9. The van der Waals surface area contributed by atoms with Crippen molar-refractivity contribution >= 4 is 21.8 Å². The van der Waals surface area contributed by atoms with Crippen LogP contribution in [0, 0.1) is 13.8 Å². The van der Waals surface area contributed by atoms with E-state index >= 15 is 0 Å². The van der Waals surface area contributed by atoms with Crippen LogP contribution in [0.2, 0.25) is 0 Å². The van der Waals surface area contributed by atoms with E-state index in [-0.39, 0.29) is 13.1 Å². The van der Waals surface area contributed by atoms with Crippen LogP contribution in [0.5, 0.6) is 5.75 Å². The van der Waals surface area contributed by atoms with Gasteiger partial charge in [0.05, 0.1) is 0 Å².